The molecule has 2 N–H and O–H groups in total. The van der Waals surface area contributed by atoms with Gasteiger partial charge in [-0.2, -0.15) is 0 Å². The summed E-state index contributed by atoms with van der Waals surface area (Å²) in [5.74, 6) is 0.411. The van der Waals surface area contributed by atoms with Gasteiger partial charge in [0.1, 0.15) is 12.1 Å². The van der Waals surface area contributed by atoms with E-state index < -0.39 is 29.9 Å². The number of imide groups is 1. The summed E-state index contributed by atoms with van der Waals surface area (Å²) >= 11 is 0. The van der Waals surface area contributed by atoms with Gasteiger partial charge < -0.3 is 24.8 Å². The van der Waals surface area contributed by atoms with E-state index in [9.17, 15) is 14.4 Å². The monoisotopic (exact) mass is 441 g/mol. The van der Waals surface area contributed by atoms with E-state index in [1.165, 1.54) is 21.3 Å². The van der Waals surface area contributed by atoms with E-state index in [-0.39, 0.29) is 6.54 Å². The van der Waals surface area contributed by atoms with Gasteiger partial charge in [0.25, 0.3) is 5.91 Å². The second-order valence-corrected chi connectivity index (χ2v) is 7.57. The lowest BCUT2D eigenvalue weighted by atomic mass is 9.88. The van der Waals surface area contributed by atoms with Crippen LogP contribution in [-0.4, -0.2) is 50.6 Å². The van der Waals surface area contributed by atoms with Crippen molar-refractivity contribution in [1.29, 1.82) is 0 Å². The maximum atomic E-state index is 13.1. The van der Waals surface area contributed by atoms with Gasteiger partial charge in [-0.1, -0.05) is 24.3 Å². The number of carbonyl (C=O) groups excluding carboxylic acids is 3. The molecule has 4 amide bonds. The van der Waals surface area contributed by atoms with Crippen molar-refractivity contribution in [3.8, 4) is 17.2 Å². The van der Waals surface area contributed by atoms with Crippen molar-refractivity contribution in [3.63, 3.8) is 0 Å². The molecule has 1 atom stereocenters. The van der Waals surface area contributed by atoms with Crippen LogP contribution in [0.1, 0.15) is 23.6 Å². The van der Waals surface area contributed by atoms with Crippen molar-refractivity contribution in [1.82, 2.24) is 15.5 Å². The third-order valence-corrected chi connectivity index (χ3v) is 5.47. The zero-order chi connectivity index (χ0) is 23.5. The highest BCUT2D eigenvalue weighted by atomic mass is 16.5. The van der Waals surface area contributed by atoms with Crippen molar-refractivity contribution in [2.45, 2.75) is 25.9 Å². The number of carbonyl (C=O) groups is 3. The fourth-order valence-electron chi connectivity index (χ4n) is 3.79. The number of nitrogens with one attached hydrogen (secondary N) is 2. The first kappa shape index (κ1) is 22.9. The van der Waals surface area contributed by atoms with Crippen molar-refractivity contribution in [2.24, 2.45) is 0 Å². The topological polar surface area (TPSA) is 106 Å². The third kappa shape index (κ3) is 4.18. The van der Waals surface area contributed by atoms with Gasteiger partial charge in [0.05, 0.1) is 21.3 Å². The Labute approximate surface area is 186 Å². The van der Waals surface area contributed by atoms with E-state index in [0.29, 0.717) is 28.4 Å². The Balaban J connectivity index is 1.70. The number of nitrogens with zero attached hydrogens (tertiary/aromatic N) is 1. The number of methoxy groups -OCH3 is 3. The molecule has 1 fully saturated rings. The highest BCUT2D eigenvalue weighted by Gasteiger charge is 2.49. The molecule has 0 spiro atoms. The molecule has 1 unspecified atom stereocenters. The zero-order valence-electron chi connectivity index (χ0n) is 18.8. The lowest BCUT2D eigenvalue weighted by molar-refractivity contribution is -0.134. The third-order valence-electron chi connectivity index (χ3n) is 5.47. The SMILES string of the molecule is COc1cc(CNC(=O)CN2C(=O)NC(C)(c3ccccc3C)C2=O)cc(OC)c1OC. The normalized spacial score (nSPS) is 17.7. The maximum absolute atomic E-state index is 13.1. The molecular formula is C23H27N3O6. The molecule has 0 aliphatic carbocycles. The van der Waals surface area contributed by atoms with Crippen LogP contribution < -0.4 is 24.8 Å². The molecule has 0 bridgehead atoms. The van der Waals surface area contributed by atoms with Crippen molar-refractivity contribution >= 4 is 17.8 Å². The summed E-state index contributed by atoms with van der Waals surface area (Å²) in [4.78, 5) is 39.0. The first-order chi connectivity index (χ1) is 15.2. The molecule has 0 aromatic heterocycles. The molecule has 2 aromatic rings. The second-order valence-electron chi connectivity index (χ2n) is 7.57. The van der Waals surface area contributed by atoms with Gasteiger partial charge in [0.15, 0.2) is 11.5 Å². The minimum absolute atomic E-state index is 0.147. The zero-order valence-corrected chi connectivity index (χ0v) is 18.8. The molecule has 3 rings (SSSR count). The van der Waals surface area contributed by atoms with Crippen molar-refractivity contribution < 1.29 is 28.6 Å². The standard InChI is InChI=1S/C23H27N3O6/c1-14-8-6-7-9-16(14)23(2)21(28)26(22(29)25-23)13-19(27)24-12-15-10-17(30-3)20(32-5)18(11-15)31-4/h6-11H,12-13H2,1-5H3,(H,24,27)(H,25,29). The van der Waals surface area contributed by atoms with Crippen LogP contribution >= 0.6 is 0 Å². The summed E-state index contributed by atoms with van der Waals surface area (Å²) in [6.07, 6.45) is 0. The summed E-state index contributed by atoms with van der Waals surface area (Å²) in [6, 6.07) is 10.1. The number of rotatable bonds is 8. The first-order valence-corrected chi connectivity index (χ1v) is 10.0. The molecule has 2 aromatic carbocycles. The summed E-state index contributed by atoms with van der Waals surface area (Å²) in [5.41, 5.74) is 1.05. The number of amides is 4. The summed E-state index contributed by atoms with van der Waals surface area (Å²) in [5, 5.41) is 5.44. The molecule has 170 valence electrons. The van der Waals surface area contributed by atoms with Gasteiger partial charge in [-0.05, 0) is 42.7 Å². The molecular weight excluding hydrogens is 414 g/mol. The van der Waals surface area contributed by atoms with Crippen LogP contribution in [0.2, 0.25) is 0 Å². The predicted octanol–water partition coefficient (Wildman–Crippen LogP) is 2.10. The lowest BCUT2D eigenvalue weighted by Crippen LogP contribution is -2.43. The molecule has 1 saturated heterocycles. The van der Waals surface area contributed by atoms with Crippen LogP contribution in [0.5, 0.6) is 17.2 Å². The minimum Gasteiger partial charge on any atom is -0.493 e. The molecule has 32 heavy (non-hydrogen) atoms. The average Bonchev–Trinajstić information content (AvgIpc) is 3.00. The second kappa shape index (κ2) is 9.17. The fourth-order valence-corrected chi connectivity index (χ4v) is 3.79. The molecule has 1 aliphatic rings. The molecule has 1 heterocycles. The van der Waals surface area contributed by atoms with Crippen LogP contribution in [0.15, 0.2) is 36.4 Å². The molecule has 9 nitrogen and oxygen atoms in total. The van der Waals surface area contributed by atoms with E-state index in [4.69, 9.17) is 14.2 Å². The predicted molar refractivity (Wildman–Crippen MR) is 117 cm³/mol. The number of hydrogen-bond acceptors (Lipinski definition) is 6. The number of benzene rings is 2. The molecule has 9 heteroatoms. The van der Waals surface area contributed by atoms with Gasteiger partial charge in [0, 0.05) is 6.54 Å². The van der Waals surface area contributed by atoms with Crippen LogP contribution in [0.25, 0.3) is 0 Å². The van der Waals surface area contributed by atoms with Crippen LogP contribution in [0.3, 0.4) is 0 Å². The number of hydrogen-bond donors (Lipinski definition) is 2. The maximum Gasteiger partial charge on any atom is 0.325 e. The first-order valence-electron chi connectivity index (χ1n) is 10.0. The minimum atomic E-state index is -1.22. The number of ether oxygens (including phenoxy) is 3. The quantitative estimate of drug-likeness (QED) is 0.608. The highest BCUT2D eigenvalue weighted by Crippen LogP contribution is 2.38. The number of urea groups is 1. The molecule has 0 saturated carbocycles. The van der Waals surface area contributed by atoms with E-state index in [0.717, 1.165) is 10.5 Å². The Kier molecular flexibility index (Phi) is 6.57. The Morgan fingerprint density at radius 2 is 1.69 bits per heavy atom. The van der Waals surface area contributed by atoms with Gasteiger partial charge in [-0.15, -0.1) is 0 Å². The Morgan fingerprint density at radius 1 is 1.06 bits per heavy atom. The van der Waals surface area contributed by atoms with Crippen LogP contribution in [0, 0.1) is 6.92 Å². The van der Waals surface area contributed by atoms with Crippen LogP contribution in [-0.2, 0) is 21.7 Å². The largest absolute Gasteiger partial charge is 0.493 e. The highest BCUT2D eigenvalue weighted by molar-refractivity contribution is 6.09. The molecule has 1 aliphatic heterocycles. The van der Waals surface area contributed by atoms with E-state index in [1.54, 1.807) is 31.2 Å². The van der Waals surface area contributed by atoms with Gasteiger partial charge >= 0.3 is 6.03 Å². The Morgan fingerprint density at radius 3 is 2.25 bits per heavy atom. The van der Waals surface area contributed by atoms with E-state index >= 15 is 0 Å². The fraction of sp³-hybridized carbons (Fsp3) is 0.348. The molecule has 0 radical (unpaired) electrons. The van der Waals surface area contributed by atoms with Gasteiger partial charge in [-0.3, -0.25) is 14.5 Å². The van der Waals surface area contributed by atoms with Crippen molar-refractivity contribution in [2.75, 3.05) is 27.9 Å². The summed E-state index contributed by atoms with van der Waals surface area (Å²) < 4.78 is 15.9. The van der Waals surface area contributed by atoms with Gasteiger partial charge in [-0.25, -0.2) is 4.79 Å². The van der Waals surface area contributed by atoms with Crippen LogP contribution in [0.4, 0.5) is 4.79 Å². The lowest BCUT2D eigenvalue weighted by Gasteiger charge is -2.24. The summed E-state index contributed by atoms with van der Waals surface area (Å²) in [6.45, 7) is 3.26. The number of aryl methyl sites for hydroxylation is 1. The Hall–Kier alpha value is -3.75. The van der Waals surface area contributed by atoms with Gasteiger partial charge in [0.2, 0.25) is 11.7 Å². The smallest absolute Gasteiger partial charge is 0.325 e. The van der Waals surface area contributed by atoms with E-state index in [1.807, 2.05) is 19.1 Å². The average molecular weight is 441 g/mol. The van der Waals surface area contributed by atoms with Crippen molar-refractivity contribution in [3.05, 3.63) is 53.1 Å². The van der Waals surface area contributed by atoms with E-state index in [2.05, 4.69) is 10.6 Å². The Bertz CT molecular complexity index is 1030. The summed E-state index contributed by atoms with van der Waals surface area (Å²) in [7, 11) is 4.51.